The Morgan fingerprint density at radius 3 is 2.60 bits per heavy atom. The number of nitrogens with zero attached hydrogens (tertiary/aromatic N) is 1. The summed E-state index contributed by atoms with van der Waals surface area (Å²) in [6, 6.07) is 1.99. The van der Waals surface area contributed by atoms with E-state index < -0.39 is 0 Å². The quantitative estimate of drug-likeness (QED) is 0.478. The molecule has 1 fully saturated rings. The van der Waals surface area contributed by atoms with Crippen molar-refractivity contribution in [2.45, 2.75) is 44.8 Å². The fraction of sp³-hybridized carbons (Fsp3) is 0.750. The molecule has 0 aromatic rings. The van der Waals surface area contributed by atoms with E-state index in [0.29, 0.717) is 0 Å². The fourth-order valence-electron chi connectivity index (χ4n) is 1.64. The van der Waals surface area contributed by atoms with Gasteiger partial charge in [-0.15, -0.1) is 0 Å². The fourth-order valence-corrected chi connectivity index (χ4v) is 1.64. The maximum atomic E-state index is 8.26. The highest BCUT2D eigenvalue weighted by atomic mass is 16.7. The Morgan fingerprint density at radius 2 is 1.87 bits per heavy atom. The zero-order valence-corrected chi connectivity index (χ0v) is 9.15. The van der Waals surface area contributed by atoms with Crippen molar-refractivity contribution in [3.8, 4) is 6.07 Å². The second-order valence-electron chi connectivity index (χ2n) is 3.69. The van der Waals surface area contributed by atoms with Crippen molar-refractivity contribution in [3.63, 3.8) is 0 Å². The van der Waals surface area contributed by atoms with E-state index >= 15 is 0 Å². The topological polar surface area (TPSA) is 42.2 Å². The average Bonchev–Trinajstić information content (AvgIpc) is 2.75. The lowest BCUT2D eigenvalue weighted by molar-refractivity contribution is -0.0480. The van der Waals surface area contributed by atoms with Crippen LogP contribution in [0.2, 0.25) is 0 Å². The van der Waals surface area contributed by atoms with Crippen LogP contribution < -0.4 is 0 Å². The number of rotatable bonds is 7. The van der Waals surface area contributed by atoms with Crippen molar-refractivity contribution < 1.29 is 9.47 Å². The van der Waals surface area contributed by atoms with E-state index in [1.807, 2.05) is 12.1 Å². The molecule has 0 atom stereocenters. The molecule has 0 saturated carbocycles. The summed E-state index contributed by atoms with van der Waals surface area (Å²) in [5.74, 6) is 0. The van der Waals surface area contributed by atoms with E-state index in [9.17, 15) is 0 Å². The molecule has 15 heavy (non-hydrogen) atoms. The number of hydrogen-bond donors (Lipinski definition) is 0. The summed E-state index contributed by atoms with van der Waals surface area (Å²) >= 11 is 0. The standard InChI is InChI=1S/C12H19NO2/c13-9-7-5-3-1-2-4-6-8-12-14-10-11-15-12/h5,7,12H,1-4,6,8,10-11H2/b7-5+. The molecule has 0 aromatic heterocycles. The van der Waals surface area contributed by atoms with Gasteiger partial charge in [-0.3, -0.25) is 0 Å². The monoisotopic (exact) mass is 209 g/mol. The summed E-state index contributed by atoms with van der Waals surface area (Å²) in [7, 11) is 0. The summed E-state index contributed by atoms with van der Waals surface area (Å²) < 4.78 is 10.7. The Balaban J connectivity index is 1.81. The van der Waals surface area contributed by atoms with Gasteiger partial charge in [0, 0.05) is 6.08 Å². The Kier molecular flexibility index (Phi) is 6.89. The molecule has 0 radical (unpaired) electrons. The zero-order valence-electron chi connectivity index (χ0n) is 9.15. The molecule has 0 aromatic carbocycles. The van der Waals surface area contributed by atoms with Crippen LogP contribution in [-0.2, 0) is 9.47 Å². The van der Waals surface area contributed by atoms with Crippen LogP contribution in [0.5, 0.6) is 0 Å². The molecule has 1 aliphatic heterocycles. The smallest absolute Gasteiger partial charge is 0.157 e. The molecule has 3 heteroatoms. The van der Waals surface area contributed by atoms with Gasteiger partial charge in [-0.05, 0) is 25.7 Å². The van der Waals surface area contributed by atoms with E-state index in [2.05, 4.69) is 0 Å². The molecule has 0 bridgehead atoms. The lowest BCUT2D eigenvalue weighted by Crippen LogP contribution is -2.06. The van der Waals surface area contributed by atoms with E-state index in [-0.39, 0.29) is 6.29 Å². The normalized spacial score (nSPS) is 17.3. The van der Waals surface area contributed by atoms with Crippen molar-refractivity contribution in [2.24, 2.45) is 0 Å². The molecule has 0 spiro atoms. The van der Waals surface area contributed by atoms with Gasteiger partial charge in [-0.25, -0.2) is 0 Å². The summed E-state index contributed by atoms with van der Waals surface area (Å²) in [5, 5.41) is 8.26. The van der Waals surface area contributed by atoms with Crippen LogP contribution in [0.15, 0.2) is 12.2 Å². The van der Waals surface area contributed by atoms with Gasteiger partial charge in [0.25, 0.3) is 0 Å². The number of hydrogen-bond acceptors (Lipinski definition) is 3. The van der Waals surface area contributed by atoms with Crippen molar-refractivity contribution in [1.29, 1.82) is 5.26 Å². The third-order valence-electron chi connectivity index (χ3n) is 2.44. The predicted octanol–water partition coefficient (Wildman–Crippen LogP) is 2.78. The molecule has 0 aliphatic carbocycles. The zero-order chi connectivity index (χ0) is 10.8. The van der Waals surface area contributed by atoms with E-state index in [1.54, 1.807) is 6.08 Å². The second kappa shape index (κ2) is 8.46. The third-order valence-corrected chi connectivity index (χ3v) is 2.44. The number of unbranched alkanes of at least 4 members (excludes halogenated alkanes) is 4. The molecule has 0 N–H and O–H groups in total. The molecule has 0 unspecified atom stereocenters. The average molecular weight is 209 g/mol. The molecule has 1 aliphatic rings. The highest BCUT2D eigenvalue weighted by molar-refractivity contribution is 5.01. The van der Waals surface area contributed by atoms with Crippen LogP contribution in [0.4, 0.5) is 0 Å². The van der Waals surface area contributed by atoms with Gasteiger partial charge in [0.05, 0.1) is 19.3 Å². The Labute approximate surface area is 91.7 Å². The van der Waals surface area contributed by atoms with Gasteiger partial charge in [0.2, 0.25) is 0 Å². The number of ether oxygens (including phenoxy) is 2. The predicted molar refractivity (Wildman–Crippen MR) is 58.1 cm³/mol. The second-order valence-corrected chi connectivity index (χ2v) is 3.69. The van der Waals surface area contributed by atoms with Gasteiger partial charge in [-0.1, -0.05) is 18.9 Å². The first-order valence-corrected chi connectivity index (χ1v) is 5.71. The maximum Gasteiger partial charge on any atom is 0.157 e. The molecular formula is C12H19NO2. The van der Waals surface area contributed by atoms with Crippen LogP contribution >= 0.6 is 0 Å². The van der Waals surface area contributed by atoms with Gasteiger partial charge >= 0.3 is 0 Å². The minimum absolute atomic E-state index is 0.0588. The van der Waals surface area contributed by atoms with Gasteiger partial charge in [-0.2, -0.15) is 5.26 Å². The minimum atomic E-state index is 0.0588. The first-order chi connectivity index (χ1) is 7.43. The van der Waals surface area contributed by atoms with Crippen molar-refractivity contribution in [2.75, 3.05) is 13.2 Å². The summed E-state index contributed by atoms with van der Waals surface area (Å²) in [5.41, 5.74) is 0. The SMILES string of the molecule is N#C/C=C/CCCCCCC1OCCO1. The van der Waals surface area contributed by atoms with Crippen LogP contribution in [0.25, 0.3) is 0 Å². The summed E-state index contributed by atoms with van der Waals surface area (Å²) in [6.45, 7) is 1.51. The van der Waals surface area contributed by atoms with Crippen molar-refractivity contribution in [3.05, 3.63) is 12.2 Å². The van der Waals surface area contributed by atoms with E-state index in [0.717, 1.165) is 26.1 Å². The Bertz CT molecular complexity index is 214. The van der Waals surface area contributed by atoms with Gasteiger partial charge in [0.15, 0.2) is 6.29 Å². The van der Waals surface area contributed by atoms with Gasteiger partial charge in [0.1, 0.15) is 0 Å². The lowest BCUT2D eigenvalue weighted by Gasteiger charge is -2.07. The molecule has 1 heterocycles. The van der Waals surface area contributed by atoms with E-state index in [1.165, 1.54) is 25.7 Å². The van der Waals surface area contributed by atoms with E-state index in [4.69, 9.17) is 14.7 Å². The van der Waals surface area contributed by atoms with Crippen LogP contribution in [0.3, 0.4) is 0 Å². The highest BCUT2D eigenvalue weighted by Crippen LogP contribution is 2.13. The van der Waals surface area contributed by atoms with Crippen LogP contribution in [0, 0.1) is 11.3 Å². The van der Waals surface area contributed by atoms with Crippen molar-refractivity contribution in [1.82, 2.24) is 0 Å². The Hall–Kier alpha value is -0.850. The molecule has 1 saturated heterocycles. The molecule has 3 nitrogen and oxygen atoms in total. The summed E-state index contributed by atoms with van der Waals surface area (Å²) in [4.78, 5) is 0. The first kappa shape index (κ1) is 12.2. The van der Waals surface area contributed by atoms with Crippen molar-refractivity contribution >= 4 is 0 Å². The van der Waals surface area contributed by atoms with Crippen LogP contribution in [0.1, 0.15) is 38.5 Å². The molecule has 84 valence electrons. The number of allylic oxidation sites excluding steroid dienone is 2. The largest absolute Gasteiger partial charge is 0.350 e. The molecule has 1 rings (SSSR count). The first-order valence-electron chi connectivity index (χ1n) is 5.71. The molecule has 0 amide bonds. The minimum Gasteiger partial charge on any atom is -0.350 e. The summed E-state index contributed by atoms with van der Waals surface area (Å²) in [6.07, 6.45) is 10.4. The highest BCUT2D eigenvalue weighted by Gasteiger charge is 2.14. The Morgan fingerprint density at radius 1 is 1.13 bits per heavy atom. The number of nitriles is 1. The van der Waals surface area contributed by atoms with Gasteiger partial charge < -0.3 is 9.47 Å². The van der Waals surface area contributed by atoms with Crippen LogP contribution in [-0.4, -0.2) is 19.5 Å². The molecular weight excluding hydrogens is 190 g/mol. The lowest BCUT2D eigenvalue weighted by atomic mass is 10.1. The maximum absolute atomic E-state index is 8.26. The third kappa shape index (κ3) is 6.27.